The molecule has 2 bridgehead atoms. The van der Waals surface area contributed by atoms with Gasteiger partial charge in [0, 0.05) is 17.6 Å². The minimum atomic E-state index is -0.115. The lowest BCUT2D eigenvalue weighted by Crippen LogP contribution is -2.52. The fourth-order valence-electron chi connectivity index (χ4n) is 2.84. The summed E-state index contributed by atoms with van der Waals surface area (Å²) in [4.78, 5) is 11.9. The molecule has 4 nitrogen and oxygen atoms in total. The number of nitrogens with one attached hydrogen (secondary N) is 3. The lowest BCUT2D eigenvalue weighted by molar-refractivity contribution is 0.217. The molecule has 4 heteroatoms. The van der Waals surface area contributed by atoms with Crippen LogP contribution in [0.4, 0.5) is 4.79 Å². The number of rotatable bonds is 3. The van der Waals surface area contributed by atoms with Crippen LogP contribution in [-0.4, -0.2) is 30.2 Å². The molecule has 0 spiro atoms. The molecule has 1 saturated carbocycles. The molecule has 2 fully saturated rings. The van der Waals surface area contributed by atoms with Crippen molar-refractivity contribution >= 4 is 6.03 Å². The van der Waals surface area contributed by atoms with E-state index < -0.39 is 0 Å². The molecular weight excluding hydrogens is 214 g/mol. The van der Waals surface area contributed by atoms with Gasteiger partial charge < -0.3 is 16.0 Å². The van der Waals surface area contributed by atoms with Gasteiger partial charge in [-0.15, -0.1) is 0 Å². The zero-order valence-electron chi connectivity index (χ0n) is 11.2. The molecule has 1 saturated heterocycles. The number of amides is 2. The van der Waals surface area contributed by atoms with Gasteiger partial charge in [0.25, 0.3) is 0 Å². The second kappa shape index (κ2) is 4.84. The molecule has 17 heavy (non-hydrogen) atoms. The van der Waals surface area contributed by atoms with E-state index in [4.69, 9.17) is 0 Å². The average molecular weight is 239 g/mol. The van der Waals surface area contributed by atoms with Gasteiger partial charge in [0.1, 0.15) is 0 Å². The first kappa shape index (κ1) is 12.7. The minimum Gasteiger partial charge on any atom is -0.335 e. The van der Waals surface area contributed by atoms with E-state index in [1.54, 1.807) is 0 Å². The molecule has 2 aliphatic rings. The van der Waals surface area contributed by atoms with E-state index in [2.05, 4.69) is 36.7 Å². The molecule has 1 heterocycles. The van der Waals surface area contributed by atoms with Gasteiger partial charge in [0.2, 0.25) is 0 Å². The van der Waals surface area contributed by atoms with E-state index in [0.717, 1.165) is 31.7 Å². The van der Waals surface area contributed by atoms with Gasteiger partial charge in [-0.05, 0) is 52.0 Å². The van der Waals surface area contributed by atoms with Crippen LogP contribution in [-0.2, 0) is 0 Å². The van der Waals surface area contributed by atoms with Gasteiger partial charge in [-0.25, -0.2) is 4.79 Å². The zero-order chi connectivity index (χ0) is 12.5. The number of hydrogen-bond acceptors (Lipinski definition) is 2. The Morgan fingerprint density at radius 1 is 1.35 bits per heavy atom. The Kier molecular flexibility index (Phi) is 3.61. The predicted octanol–water partition coefficient (Wildman–Crippen LogP) is 1.61. The van der Waals surface area contributed by atoms with Gasteiger partial charge in [-0.2, -0.15) is 0 Å². The molecule has 3 atom stereocenters. The smallest absolute Gasteiger partial charge is 0.315 e. The van der Waals surface area contributed by atoms with Crippen LogP contribution < -0.4 is 16.0 Å². The fraction of sp³-hybridized carbons (Fsp3) is 0.923. The Hall–Kier alpha value is -0.770. The molecule has 0 radical (unpaired) electrons. The van der Waals surface area contributed by atoms with Gasteiger partial charge in [0.15, 0.2) is 0 Å². The molecule has 3 unspecified atom stereocenters. The van der Waals surface area contributed by atoms with Gasteiger partial charge >= 0.3 is 6.03 Å². The maximum atomic E-state index is 11.9. The molecule has 2 rings (SSSR count). The highest BCUT2D eigenvalue weighted by atomic mass is 16.2. The quantitative estimate of drug-likeness (QED) is 0.701. The molecule has 98 valence electrons. The van der Waals surface area contributed by atoms with Crippen molar-refractivity contribution in [2.24, 2.45) is 5.92 Å². The molecule has 2 amide bonds. The molecule has 0 aromatic heterocycles. The minimum absolute atomic E-state index is 0.0110. The molecular formula is C13H25N3O. The molecule has 0 aromatic carbocycles. The monoisotopic (exact) mass is 239 g/mol. The maximum Gasteiger partial charge on any atom is 0.315 e. The normalized spacial score (nSPS) is 32.3. The first-order valence-corrected chi connectivity index (χ1v) is 6.80. The summed E-state index contributed by atoms with van der Waals surface area (Å²) >= 11 is 0. The van der Waals surface area contributed by atoms with Crippen molar-refractivity contribution in [2.75, 3.05) is 6.54 Å². The highest BCUT2D eigenvalue weighted by Gasteiger charge is 2.34. The topological polar surface area (TPSA) is 53.2 Å². The third-order valence-electron chi connectivity index (χ3n) is 4.17. The molecule has 1 aliphatic carbocycles. The number of urea groups is 1. The van der Waals surface area contributed by atoms with Crippen LogP contribution in [0, 0.1) is 5.92 Å². The second-order valence-corrected chi connectivity index (χ2v) is 6.21. The van der Waals surface area contributed by atoms with Gasteiger partial charge in [-0.1, -0.05) is 6.92 Å². The average Bonchev–Trinajstić information content (AvgIpc) is 2.57. The second-order valence-electron chi connectivity index (χ2n) is 6.21. The van der Waals surface area contributed by atoms with Crippen molar-refractivity contribution in [3.8, 4) is 0 Å². The summed E-state index contributed by atoms with van der Waals surface area (Å²) in [5.74, 6) is 0.762. The van der Waals surface area contributed by atoms with Crippen molar-refractivity contribution in [2.45, 2.75) is 64.1 Å². The fourth-order valence-corrected chi connectivity index (χ4v) is 2.84. The van der Waals surface area contributed by atoms with Crippen LogP contribution >= 0.6 is 0 Å². The van der Waals surface area contributed by atoms with Crippen LogP contribution in [0.25, 0.3) is 0 Å². The van der Waals surface area contributed by atoms with Crippen molar-refractivity contribution in [3.05, 3.63) is 0 Å². The Bertz CT molecular complexity index is 278. The summed E-state index contributed by atoms with van der Waals surface area (Å²) < 4.78 is 0. The summed E-state index contributed by atoms with van der Waals surface area (Å²) in [7, 11) is 0. The molecule has 3 N–H and O–H groups in total. The Morgan fingerprint density at radius 3 is 2.76 bits per heavy atom. The highest BCUT2D eigenvalue weighted by Crippen LogP contribution is 2.29. The Balaban J connectivity index is 1.79. The lowest BCUT2D eigenvalue weighted by Gasteiger charge is -2.30. The summed E-state index contributed by atoms with van der Waals surface area (Å²) in [5, 5.41) is 9.66. The summed E-state index contributed by atoms with van der Waals surface area (Å²) in [5.41, 5.74) is -0.115. The van der Waals surface area contributed by atoms with Gasteiger partial charge in [0.05, 0.1) is 0 Å². The third-order valence-corrected chi connectivity index (χ3v) is 4.17. The van der Waals surface area contributed by atoms with Crippen molar-refractivity contribution in [1.82, 2.24) is 16.0 Å². The number of carbonyl (C=O) groups is 1. The lowest BCUT2D eigenvalue weighted by atomic mass is 9.87. The van der Waals surface area contributed by atoms with E-state index in [-0.39, 0.29) is 11.6 Å². The number of fused-ring (bicyclic) bond motifs is 2. The number of hydrogen-bond donors (Lipinski definition) is 3. The van der Waals surface area contributed by atoms with Crippen molar-refractivity contribution < 1.29 is 4.79 Å². The Morgan fingerprint density at radius 2 is 2.12 bits per heavy atom. The van der Waals surface area contributed by atoms with Crippen molar-refractivity contribution in [3.63, 3.8) is 0 Å². The summed E-state index contributed by atoms with van der Waals surface area (Å²) in [6.07, 6.45) is 4.44. The summed E-state index contributed by atoms with van der Waals surface area (Å²) in [6.45, 7) is 7.33. The first-order chi connectivity index (χ1) is 7.98. The highest BCUT2D eigenvalue weighted by molar-refractivity contribution is 5.75. The number of carbonyl (C=O) groups excluding carboxylic acids is 1. The standard InChI is InChI=1S/C13H25N3O/c1-4-13(2,3)16-12(17)15-11-6-9-5-10(7-11)14-8-9/h9-11,14H,4-8H2,1-3H3,(H2,15,16,17). The first-order valence-electron chi connectivity index (χ1n) is 6.80. The van der Waals surface area contributed by atoms with E-state index in [9.17, 15) is 4.79 Å². The third kappa shape index (κ3) is 3.35. The van der Waals surface area contributed by atoms with E-state index >= 15 is 0 Å². The maximum absolute atomic E-state index is 11.9. The van der Waals surface area contributed by atoms with E-state index in [0.29, 0.717) is 12.1 Å². The Labute approximate surface area is 104 Å². The van der Waals surface area contributed by atoms with Crippen LogP contribution in [0.5, 0.6) is 0 Å². The summed E-state index contributed by atoms with van der Waals surface area (Å²) in [6, 6.07) is 0.961. The largest absolute Gasteiger partial charge is 0.335 e. The predicted molar refractivity (Wildman–Crippen MR) is 69.0 cm³/mol. The van der Waals surface area contributed by atoms with Crippen LogP contribution in [0.15, 0.2) is 0 Å². The van der Waals surface area contributed by atoms with Gasteiger partial charge in [-0.3, -0.25) is 0 Å². The SMILES string of the molecule is CCC(C)(C)NC(=O)NC1CC2CNC(C2)C1. The van der Waals surface area contributed by atoms with E-state index in [1.807, 2.05) is 0 Å². The van der Waals surface area contributed by atoms with Crippen LogP contribution in [0.3, 0.4) is 0 Å². The van der Waals surface area contributed by atoms with Crippen molar-refractivity contribution in [1.29, 1.82) is 0 Å². The molecule has 1 aliphatic heterocycles. The van der Waals surface area contributed by atoms with Crippen LogP contribution in [0.2, 0.25) is 0 Å². The van der Waals surface area contributed by atoms with E-state index in [1.165, 1.54) is 6.42 Å². The zero-order valence-corrected chi connectivity index (χ0v) is 11.2. The van der Waals surface area contributed by atoms with Crippen LogP contribution in [0.1, 0.15) is 46.5 Å². The molecule has 0 aromatic rings.